The maximum absolute atomic E-state index is 2.51. The Morgan fingerprint density at radius 2 is 0.983 bits per heavy atom. The molecule has 0 unspecified atom stereocenters. The Hall–Kier alpha value is -7.10. The van der Waals surface area contributed by atoms with Crippen molar-refractivity contribution in [2.24, 2.45) is 0 Å². The number of nitrogens with zero attached hydrogens (tertiary/aromatic N) is 3. The topological polar surface area (TPSA) is 9.72 Å². The first-order valence-electron chi connectivity index (χ1n) is 20.9. The Morgan fingerprint density at radius 3 is 1.69 bits per heavy atom. The van der Waals surface area contributed by atoms with E-state index >= 15 is 0 Å². The van der Waals surface area contributed by atoms with Crippen LogP contribution in [0.25, 0.3) is 34.4 Å². The molecular formula is C56H45N3. The Kier molecular flexibility index (Phi) is 8.37. The Morgan fingerprint density at radius 1 is 0.424 bits per heavy atom. The summed E-state index contributed by atoms with van der Waals surface area (Å²) in [5.41, 5.74) is 21.2. The van der Waals surface area contributed by atoms with Crippen LogP contribution in [0.15, 0.2) is 188 Å². The molecule has 2 heterocycles. The average Bonchev–Trinajstić information content (AvgIpc) is 3.52. The second-order valence-corrected chi connectivity index (χ2v) is 16.5. The van der Waals surface area contributed by atoms with E-state index in [0.29, 0.717) is 0 Å². The van der Waals surface area contributed by atoms with E-state index in [1.54, 1.807) is 0 Å². The van der Waals surface area contributed by atoms with Crippen molar-refractivity contribution in [2.45, 2.75) is 32.1 Å². The highest BCUT2D eigenvalue weighted by molar-refractivity contribution is 6.01. The number of anilines is 8. The lowest BCUT2D eigenvalue weighted by molar-refractivity contribution is 0.659. The molecule has 3 nitrogen and oxygen atoms in total. The molecule has 0 fully saturated rings. The van der Waals surface area contributed by atoms with Crippen molar-refractivity contribution in [3.8, 4) is 22.3 Å². The van der Waals surface area contributed by atoms with Crippen LogP contribution in [-0.2, 0) is 11.8 Å². The summed E-state index contributed by atoms with van der Waals surface area (Å²) in [6.45, 7) is 5.83. The first-order chi connectivity index (χ1) is 29.0. The van der Waals surface area contributed by atoms with E-state index in [1.807, 2.05) is 0 Å². The molecular weight excluding hydrogens is 715 g/mol. The van der Waals surface area contributed by atoms with Crippen molar-refractivity contribution in [3.63, 3.8) is 0 Å². The van der Waals surface area contributed by atoms with Gasteiger partial charge in [-0.3, -0.25) is 0 Å². The lowest BCUT2D eigenvalue weighted by Crippen LogP contribution is -2.25. The summed E-state index contributed by atoms with van der Waals surface area (Å²) in [5.74, 6) is 0. The van der Waals surface area contributed by atoms with Crippen LogP contribution >= 0.6 is 0 Å². The normalized spacial score (nSPS) is 14.7. The van der Waals surface area contributed by atoms with Crippen molar-refractivity contribution in [1.82, 2.24) is 0 Å². The number of hydrogen-bond acceptors (Lipinski definition) is 3. The predicted molar refractivity (Wildman–Crippen MR) is 250 cm³/mol. The quantitative estimate of drug-likeness (QED) is 0.156. The highest BCUT2D eigenvalue weighted by Gasteiger charge is 2.36. The van der Waals surface area contributed by atoms with Crippen LogP contribution in [0.2, 0.25) is 0 Å². The van der Waals surface area contributed by atoms with Gasteiger partial charge in [0.25, 0.3) is 0 Å². The SMILES string of the molecule is CC1(C)c2cc(/C=C/c3ccc(-c4cccc(N5c6ccccc6N(c6ccccc6)c6ccccc65)c4)cc3)ccc2-c2ccc(N3CCCc4ccccc43)cc21. The second kappa shape index (κ2) is 14.1. The van der Waals surface area contributed by atoms with Gasteiger partial charge in [0, 0.05) is 34.7 Å². The molecule has 8 aromatic carbocycles. The van der Waals surface area contributed by atoms with Crippen molar-refractivity contribution >= 4 is 57.7 Å². The van der Waals surface area contributed by atoms with Crippen LogP contribution in [0.1, 0.15) is 48.1 Å². The molecule has 0 saturated heterocycles. The highest BCUT2D eigenvalue weighted by Crippen LogP contribution is 2.54. The first-order valence-corrected chi connectivity index (χ1v) is 20.9. The van der Waals surface area contributed by atoms with E-state index < -0.39 is 0 Å². The Labute approximate surface area is 347 Å². The zero-order chi connectivity index (χ0) is 39.5. The zero-order valence-electron chi connectivity index (χ0n) is 33.5. The fraction of sp³-hybridized carbons (Fsp3) is 0.107. The molecule has 0 aromatic heterocycles. The van der Waals surface area contributed by atoms with Crippen LogP contribution in [-0.4, -0.2) is 6.54 Å². The molecule has 0 radical (unpaired) electrons. The lowest BCUT2D eigenvalue weighted by atomic mass is 9.81. The molecule has 0 spiro atoms. The number of benzene rings is 8. The summed E-state index contributed by atoms with van der Waals surface area (Å²) in [6.07, 6.45) is 6.84. The predicted octanol–water partition coefficient (Wildman–Crippen LogP) is 15.2. The third-order valence-electron chi connectivity index (χ3n) is 12.7. The number of aryl methyl sites for hydroxylation is 1. The molecule has 3 aliphatic rings. The summed E-state index contributed by atoms with van der Waals surface area (Å²) >= 11 is 0. The van der Waals surface area contributed by atoms with Crippen LogP contribution in [0.3, 0.4) is 0 Å². The minimum atomic E-state index is -0.0877. The molecule has 0 amide bonds. The lowest BCUT2D eigenvalue weighted by Gasteiger charge is -2.40. The largest absolute Gasteiger partial charge is 0.341 e. The van der Waals surface area contributed by atoms with Crippen molar-refractivity contribution < 1.29 is 0 Å². The van der Waals surface area contributed by atoms with E-state index in [2.05, 4.69) is 229 Å². The van der Waals surface area contributed by atoms with E-state index in [1.165, 1.54) is 67.9 Å². The van der Waals surface area contributed by atoms with E-state index in [4.69, 9.17) is 0 Å². The summed E-state index contributed by atoms with van der Waals surface area (Å²) in [7, 11) is 0. The molecule has 8 aromatic rings. The molecule has 2 aliphatic heterocycles. The molecule has 11 rings (SSSR count). The van der Waals surface area contributed by atoms with E-state index in [0.717, 1.165) is 47.1 Å². The molecule has 59 heavy (non-hydrogen) atoms. The number of rotatable bonds is 6. The third kappa shape index (κ3) is 5.96. The van der Waals surface area contributed by atoms with Crippen LogP contribution in [0.4, 0.5) is 45.5 Å². The fourth-order valence-corrected chi connectivity index (χ4v) is 9.70. The Balaban J connectivity index is 0.850. The minimum absolute atomic E-state index is 0.0877. The standard InChI is InChI=1S/C56H45N3/c1-56(2)49-36-40(29-33-47(49)48-34-32-45(38-50(48)56)57-35-13-16-42-14-6-7-20-51(42)57)26-25-39-27-30-41(31-28-39)43-15-12-19-46(37-43)59-54-23-10-8-21-52(54)58(44-17-4-3-5-18-44)53-22-9-11-24-55(53)59/h3-12,14-15,17-34,36-38H,13,16,35H2,1-2H3/b26-25+. The van der Waals surface area contributed by atoms with Crippen molar-refractivity contribution in [3.05, 3.63) is 216 Å². The van der Waals surface area contributed by atoms with Gasteiger partial charge in [-0.1, -0.05) is 147 Å². The molecule has 0 atom stereocenters. The zero-order valence-corrected chi connectivity index (χ0v) is 33.5. The molecule has 284 valence electrons. The Bertz CT molecular complexity index is 2860. The smallest absolute Gasteiger partial charge is 0.0703 e. The van der Waals surface area contributed by atoms with Crippen LogP contribution in [0, 0.1) is 0 Å². The summed E-state index contributed by atoms with van der Waals surface area (Å²) in [5, 5.41) is 0. The van der Waals surface area contributed by atoms with Gasteiger partial charge in [0.2, 0.25) is 0 Å². The molecule has 0 saturated carbocycles. The minimum Gasteiger partial charge on any atom is -0.341 e. The summed E-state index contributed by atoms with van der Waals surface area (Å²) in [4.78, 5) is 7.28. The third-order valence-corrected chi connectivity index (χ3v) is 12.7. The van der Waals surface area contributed by atoms with Gasteiger partial charge in [-0.2, -0.15) is 0 Å². The maximum atomic E-state index is 2.51. The van der Waals surface area contributed by atoms with Gasteiger partial charge in [-0.05, 0) is 130 Å². The van der Waals surface area contributed by atoms with Gasteiger partial charge >= 0.3 is 0 Å². The second-order valence-electron chi connectivity index (χ2n) is 16.5. The van der Waals surface area contributed by atoms with Crippen LogP contribution < -0.4 is 14.7 Å². The summed E-state index contributed by atoms with van der Waals surface area (Å²) < 4.78 is 0. The maximum Gasteiger partial charge on any atom is 0.0703 e. The van der Waals surface area contributed by atoms with Crippen LogP contribution in [0.5, 0.6) is 0 Å². The van der Waals surface area contributed by atoms with Gasteiger partial charge in [-0.15, -0.1) is 0 Å². The summed E-state index contributed by atoms with van der Waals surface area (Å²) in [6, 6.07) is 68.9. The average molecular weight is 760 g/mol. The number of para-hydroxylation sites is 6. The molecule has 1 aliphatic carbocycles. The first kappa shape index (κ1) is 35.1. The van der Waals surface area contributed by atoms with Gasteiger partial charge in [0.05, 0.1) is 22.7 Å². The molecule has 0 N–H and O–H groups in total. The van der Waals surface area contributed by atoms with Gasteiger partial charge in [-0.25, -0.2) is 0 Å². The van der Waals surface area contributed by atoms with Gasteiger partial charge < -0.3 is 14.7 Å². The highest BCUT2D eigenvalue weighted by atomic mass is 15.3. The van der Waals surface area contributed by atoms with Crippen molar-refractivity contribution in [1.29, 1.82) is 0 Å². The number of fused-ring (bicyclic) bond motifs is 6. The van der Waals surface area contributed by atoms with Crippen molar-refractivity contribution in [2.75, 3.05) is 21.2 Å². The molecule has 3 heteroatoms. The van der Waals surface area contributed by atoms with E-state index in [9.17, 15) is 0 Å². The monoisotopic (exact) mass is 759 g/mol. The van der Waals surface area contributed by atoms with Gasteiger partial charge in [0.1, 0.15) is 0 Å². The van der Waals surface area contributed by atoms with E-state index in [-0.39, 0.29) is 5.41 Å². The fourth-order valence-electron chi connectivity index (χ4n) is 9.70. The van der Waals surface area contributed by atoms with Gasteiger partial charge in [0.15, 0.2) is 0 Å². The molecule has 0 bridgehead atoms. The number of hydrogen-bond donors (Lipinski definition) is 0.